The number of pyridine rings is 1. The molecule has 0 spiro atoms. The minimum atomic E-state index is -1.09. The van der Waals surface area contributed by atoms with Gasteiger partial charge in [-0.05, 0) is 61.6 Å². The molecule has 0 radical (unpaired) electrons. The lowest BCUT2D eigenvalue weighted by molar-refractivity contribution is -0.137. The Morgan fingerprint density at radius 3 is 2.37 bits per heavy atom. The monoisotopic (exact) mass is 497 g/mol. The van der Waals surface area contributed by atoms with Crippen molar-refractivity contribution in [2.24, 2.45) is 0 Å². The number of aromatic nitrogens is 1. The van der Waals surface area contributed by atoms with Gasteiger partial charge in [-0.15, -0.1) is 0 Å². The number of rotatable bonds is 7. The summed E-state index contributed by atoms with van der Waals surface area (Å²) in [5, 5.41) is 25.4. The molecule has 3 aromatic rings. The number of hydrogen-bond donors (Lipinski definition) is 4. The van der Waals surface area contributed by atoms with Gasteiger partial charge in [0.2, 0.25) is 0 Å². The fourth-order valence-corrected chi connectivity index (χ4v) is 4.06. The fourth-order valence-electron chi connectivity index (χ4n) is 3.78. The number of carboxylic acids is 1. The first-order valence-electron chi connectivity index (χ1n) is 11.0. The maximum Gasteiger partial charge on any atom is 0.319 e. The number of carbonyl (C=O) groups is 2. The Bertz CT molecular complexity index is 1330. The molecule has 0 saturated heterocycles. The van der Waals surface area contributed by atoms with E-state index in [2.05, 4.69) is 10.6 Å². The van der Waals surface area contributed by atoms with Gasteiger partial charge in [0, 0.05) is 16.8 Å². The normalized spacial score (nSPS) is 11.7. The zero-order chi connectivity index (χ0) is 25.9. The number of amides is 2. The van der Waals surface area contributed by atoms with Crippen LogP contribution in [0, 0.1) is 27.7 Å². The number of anilines is 1. The van der Waals surface area contributed by atoms with Crippen LogP contribution in [0.25, 0.3) is 0 Å². The van der Waals surface area contributed by atoms with Gasteiger partial charge in [-0.25, -0.2) is 4.79 Å². The molecule has 1 aromatic heterocycles. The molecule has 2 aromatic carbocycles. The predicted molar refractivity (Wildman–Crippen MR) is 135 cm³/mol. The van der Waals surface area contributed by atoms with Crippen molar-refractivity contribution in [2.45, 2.75) is 46.7 Å². The van der Waals surface area contributed by atoms with Gasteiger partial charge in [-0.2, -0.15) is 0 Å². The van der Waals surface area contributed by atoms with Crippen LogP contribution in [0.1, 0.15) is 45.8 Å². The van der Waals surface area contributed by atoms with E-state index in [1.807, 2.05) is 45.0 Å². The molecule has 3 rings (SSSR count). The zero-order valence-corrected chi connectivity index (χ0v) is 20.7. The molecule has 4 N–H and O–H groups in total. The molecule has 0 saturated carbocycles. The minimum absolute atomic E-state index is 0.145. The summed E-state index contributed by atoms with van der Waals surface area (Å²) in [6.45, 7) is 7.45. The van der Waals surface area contributed by atoms with Crippen LogP contribution in [0.3, 0.4) is 0 Å². The zero-order valence-electron chi connectivity index (χ0n) is 20.0. The summed E-state index contributed by atoms with van der Waals surface area (Å²) in [6, 6.07) is 9.17. The van der Waals surface area contributed by atoms with Crippen molar-refractivity contribution < 1.29 is 19.8 Å². The quantitative estimate of drug-likeness (QED) is 0.372. The Labute approximate surface area is 208 Å². The molecule has 184 valence electrons. The van der Waals surface area contributed by atoms with E-state index in [9.17, 15) is 24.6 Å². The molecule has 1 heterocycles. The number of nitrogens with one attached hydrogen (secondary N) is 2. The lowest BCUT2D eigenvalue weighted by atomic mass is 9.99. The molecule has 0 aliphatic heterocycles. The molecule has 0 fully saturated rings. The van der Waals surface area contributed by atoms with Crippen molar-refractivity contribution in [1.29, 1.82) is 0 Å². The summed E-state index contributed by atoms with van der Waals surface area (Å²) in [6.07, 6.45) is 1.14. The van der Waals surface area contributed by atoms with Gasteiger partial charge in [-0.3, -0.25) is 9.59 Å². The van der Waals surface area contributed by atoms with Crippen molar-refractivity contribution in [3.05, 3.63) is 91.4 Å². The Balaban J connectivity index is 1.90. The first-order chi connectivity index (χ1) is 16.5. The average Bonchev–Trinajstić information content (AvgIpc) is 2.78. The highest BCUT2D eigenvalue weighted by atomic mass is 35.5. The fraction of sp³-hybridized carbons (Fsp3) is 0.269. The van der Waals surface area contributed by atoms with Crippen LogP contribution in [-0.4, -0.2) is 26.8 Å². The van der Waals surface area contributed by atoms with Crippen LogP contribution < -0.4 is 16.2 Å². The van der Waals surface area contributed by atoms with Crippen LogP contribution in [0.2, 0.25) is 5.02 Å². The second-order valence-corrected chi connectivity index (χ2v) is 9.00. The van der Waals surface area contributed by atoms with Gasteiger partial charge in [0.1, 0.15) is 5.75 Å². The van der Waals surface area contributed by atoms with Crippen LogP contribution in [-0.2, 0) is 11.3 Å². The summed E-state index contributed by atoms with van der Waals surface area (Å²) < 4.78 is 1.36. The Morgan fingerprint density at radius 1 is 1.03 bits per heavy atom. The van der Waals surface area contributed by atoms with E-state index in [0.717, 1.165) is 22.3 Å². The van der Waals surface area contributed by atoms with E-state index < -0.39 is 23.6 Å². The predicted octanol–water partition coefficient (Wildman–Crippen LogP) is 4.83. The Hall–Kier alpha value is -3.78. The van der Waals surface area contributed by atoms with Crippen molar-refractivity contribution in [3.8, 4) is 5.75 Å². The molecule has 8 nitrogen and oxygen atoms in total. The number of benzene rings is 2. The van der Waals surface area contributed by atoms with Gasteiger partial charge >= 0.3 is 12.0 Å². The Morgan fingerprint density at radius 2 is 1.74 bits per heavy atom. The van der Waals surface area contributed by atoms with Crippen molar-refractivity contribution in [2.75, 3.05) is 5.32 Å². The van der Waals surface area contributed by atoms with Crippen molar-refractivity contribution in [3.63, 3.8) is 0 Å². The van der Waals surface area contributed by atoms with Gasteiger partial charge in [0.25, 0.3) is 5.56 Å². The number of nitrogens with zero attached hydrogens (tertiary/aromatic N) is 1. The molecular weight excluding hydrogens is 470 g/mol. The lowest BCUT2D eigenvalue weighted by Crippen LogP contribution is -2.36. The van der Waals surface area contributed by atoms with E-state index in [1.165, 1.54) is 10.8 Å². The molecule has 0 unspecified atom stereocenters. The first-order valence-corrected chi connectivity index (χ1v) is 11.4. The van der Waals surface area contributed by atoms with Crippen LogP contribution in [0.4, 0.5) is 10.5 Å². The minimum Gasteiger partial charge on any atom is -0.505 e. The van der Waals surface area contributed by atoms with Crippen molar-refractivity contribution in [1.82, 2.24) is 9.88 Å². The third-order valence-corrected chi connectivity index (χ3v) is 6.33. The smallest absolute Gasteiger partial charge is 0.319 e. The highest BCUT2D eigenvalue weighted by Crippen LogP contribution is 2.26. The molecule has 0 bridgehead atoms. The molecular formula is C26H28ClN3O5. The number of urea groups is 1. The number of hydrogen-bond acceptors (Lipinski definition) is 4. The van der Waals surface area contributed by atoms with Crippen molar-refractivity contribution >= 4 is 29.3 Å². The summed E-state index contributed by atoms with van der Waals surface area (Å²) in [7, 11) is 0. The highest BCUT2D eigenvalue weighted by molar-refractivity contribution is 6.31. The molecule has 2 amide bonds. The third kappa shape index (κ3) is 6.02. The van der Waals surface area contributed by atoms with Gasteiger partial charge < -0.3 is 25.4 Å². The van der Waals surface area contributed by atoms with E-state index >= 15 is 0 Å². The SMILES string of the molecule is Cc1ccc([C@H](CC(=O)O)NC(=O)Nc2c(O)c(C)cn(Cc3c(C)cccc3Cl)c2=O)cc1C. The number of aromatic hydroxyl groups is 1. The molecule has 35 heavy (non-hydrogen) atoms. The standard InChI is InChI=1S/C26H28ClN3O5/c1-14-8-9-18(10-16(14)3)21(11-22(31)32)28-26(35)29-23-24(33)17(4)12-30(25(23)34)13-19-15(2)6-5-7-20(19)27/h5-10,12,21,33H,11,13H2,1-4H3,(H,31,32)(H2,28,29,35)/t21-/m0/s1. The number of halogens is 1. The summed E-state index contributed by atoms with van der Waals surface area (Å²) in [5.74, 6) is -1.46. The van der Waals surface area contributed by atoms with Crippen LogP contribution in [0.5, 0.6) is 5.75 Å². The summed E-state index contributed by atoms with van der Waals surface area (Å²) in [5.41, 5.74) is 3.69. The van der Waals surface area contributed by atoms with Crippen LogP contribution >= 0.6 is 11.6 Å². The van der Waals surface area contributed by atoms with Gasteiger partial charge in [0.15, 0.2) is 5.69 Å². The van der Waals surface area contributed by atoms with Gasteiger partial charge in [0.05, 0.1) is 19.0 Å². The lowest BCUT2D eigenvalue weighted by Gasteiger charge is -2.20. The maximum absolute atomic E-state index is 13.1. The summed E-state index contributed by atoms with van der Waals surface area (Å²) in [4.78, 5) is 37.4. The second kappa shape index (κ2) is 10.7. The van der Waals surface area contributed by atoms with E-state index in [0.29, 0.717) is 16.1 Å². The van der Waals surface area contributed by atoms with Crippen LogP contribution in [0.15, 0.2) is 47.4 Å². The maximum atomic E-state index is 13.1. The van der Waals surface area contributed by atoms with E-state index in [-0.39, 0.29) is 24.4 Å². The first kappa shape index (κ1) is 25.8. The van der Waals surface area contributed by atoms with E-state index in [4.69, 9.17) is 11.6 Å². The average molecular weight is 498 g/mol. The Kier molecular flexibility index (Phi) is 7.86. The topological polar surface area (TPSA) is 121 Å². The number of carboxylic acid groups (broad SMARTS) is 1. The highest BCUT2D eigenvalue weighted by Gasteiger charge is 2.22. The number of carbonyl (C=O) groups excluding carboxylic acids is 1. The van der Waals surface area contributed by atoms with E-state index in [1.54, 1.807) is 19.1 Å². The molecule has 9 heteroatoms. The number of aryl methyl sites for hydroxylation is 4. The van der Waals surface area contributed by atoms with Gasteiger partial charge in [-0.1, -0.05) is 41.9 Å². The molecule has 0 aliphatic rings. The third-order valence-electron chi connectivity index (χ3n) is 5.97. The second-order valence-electron chi connectivity index (χ2n) is 8.60. The summed E-state index contributed by atoms with van der Waals surface area (Å²) >= 11 is 6.31. The molecule has 1 atom stereocenters. The molecule has 0 aliphatic carbocycles. The number of aliphatic carboxylic acids is 1. The largest absolute Gasteiger partial charge is 0.505 e.